The molecule has 1 atom stereocenters. The van der Waals surface area contributed by atoms with Crippen molar-refractivity contribution < 1.29 is 9.59 Å². The quantitative estimate of drug-likeness (QED) is 0.661. The number of nitrogens with one attached hydrogen (secondary N) is 2. The molecule has 152 valence electrons. The van der Waals surface area contributed by atoms with E-state index in [1.165, 1.54) is 0 Å². The molecule has 1 aromatic heterocycles. The average Bonchev–Trinajstić information content (AvgIpc) is 3.51. The number of amides is 2. The molecule has 1 saturated carbocycles. The minimum atomic E-state index is -0.144. The number of fused-ring (bicyclic) bond motifs is 2. The van der Waals surface area contributed by atoms with Crippen LogP contribution in [0.5, 0.6) is 0 Å². The Bertz CT molecular complexity index is 1130. The molecule has 5 heteroatoms. The van der Waals surface area contributed by atoms with Crippen LogP contribution in [0.2, 0.25) is 0 Å². The standard InChI is InChI=1S/C25H25N3O2/c1-15(16-11-13-18(14-12-16)27-24(29)17-9-10-17)26-25(30)23-19-5-2-3-7-21(19)28-22-8-4-6-20(22)23/h2-3,5,7,11-15,17H,4,6,8-10H2,1H3,(H,26,30)(H,27,29). The summed E-state index contributed by atoms with van der Waals surface area (Å²) < 4.78 is 0. The zero-order valence-electron chi connectivity index (χ0n) is 17.1. The van der Waals surface area contributed by atoms with Gasteiger partial charge in [0.2, 0.25) is 5.91 Å². The maximum atomic E-state index is 13.3. The fraction of sp³-hybridized carbons (Fsp3) is 0.320. The van der Waals surface area contributed by atoms with Gasteiger partial charge >= 0.3 is 0 Å². The Kier molecular flexibility index (Phi) is 4.74. The van der Waals surface area contributed by atoms with E-state index in [1.54, 1.807) is 0 Å². The second-order valence-electron chi connectivity index (χ2n) is 8.36. The van der Waals surface area contributed by atoms with Crippen molar-refractivity contribution in [1.82, 2.24) is 10.3 Å². The summed E-state index contributed by atoms with van der Waals surface area (Å²) in [6, 6.07) is 15.5. The molecule has 3 aromatic rings. The van der Waals surface area contributed by atoms with Gasteiger partial charge in [-0.3, -0.25) is 14.6 Å². The summed E-state index contributed by atoms with van der Waals surface area (Å²) in [6.45, 7) is 1.99. The lowest BCUT2D eigenvalue weighted by molar-refractivity contribution is -0.117. The Morgan fingerprint density at radius 2 is 1.80 bits per heavy atom. The number of nitrogens with zero attached hydrogens (tertiary/aromatic N) is 1. The molecule has 2 N–H and O–H groups in total. The van der Waals surface area contributed by atoms with Crippen molar-refractivity contribution >= 4 is 28.4 Å². The highest BCUT2D eigenvalue weighted by atomic mass is 16.2. The molecule has 1 heterocycles. The lowest BCUT2D eigenvalue weighted by Crippen LogP contribution is -2.28. The van der Waals surface area contributed by atoms with Crippen LogP contribution in [0, 0.1) is 5.92 Å². The zero-order valence-corrected chi connectivity index (χ0v) is 17.1. The molecule has 5 nitrogen and oxygen atoms in total. The number of carbonyl (C=O) groups is 2. The maximum Gasteiger partial charge on any atom is 0.252 e. The molecule has 2 aromatic carbocycles. The van der Waals surface area contributed by atoms with Crippen molar-refractivity contribution in [2.45, 2.75) is 45.1 Å². The highest BCUT2D eigenvalue weighted by molar-refractivity contribution is 6.08. The molecule has 2 aliphatic rings. The highest BCUT2D eigenvalue weighted by Crippen LogP contribution is 2.31. The maximum absolute atomic E-state index is 13.3. The molecule has 0 radical (unpaired) electrons. The van der Waals surface area contributed by atoms with Gasteiger partial charge in [-0.05, 0) is 68.4 Å². The van der Waals surface area contributed by atoms with Gasteiger partial charge in [0.15, 0.2) is 0 Å². The van der Waals surface area contributed by atoms with E-state index in [9.17, 15) is 9.59 Å². The largest absolute Gasteiger partial charge is 0.345 e. The van der Waals surface area contributed by atoms with Crippen LogP contribution >= 0.6 is 0 Å². The van der Waals surface area contributed by atoms with E-state index in [-0.39, 0.29) is 23.8 Å². The van der Waals surface area contributed by atoms with Crippen LogP contribution in [0.3, 0.4) is 0 Å². The number of carbonyl (C=O) groups excluding carboxylic acids is 2. The van der Waals surface area contributed by atoms with Gasteiger partial charge in [-0.15, -0.1) is 0 Å². The number of anilines is 1. The second-order valence-corrected chi connectivity index (χ2v) is 8.36. The van der Waals surface area contributed by atoms with Crippen LogP contribution in [0.15, 0.2) is 48.5 Å². The number of aryl methyl sites for hydroxylation is 1. The van der Waals surface area contributed by atoms with Crippen molar-refractivity contribution in [1.29, 1.82) is 0 Å². The van der Waals surface area contributed by atoms with Crippen LogP contribution in [-0.4, -0.2) is 16.8 Å². The number of para-hydroxylation sites is 1. The van der Waals surface area contributed by atoms with Crippen LogP contribution in [0.4, 0.5) is 5.69 Å². The number of pyridine rings is 1. The predicted octanol–water partition coefficient (Wildman–Crippen LogP) is 4.56. The molecular weight excluding hydrogens is 374 g/mol. The van der Waals surface area contributed by atoms with Gasteiger partial charge in [0.1, 0.15) is 0 Å². The SMILES string of the molecule is CC(NC(=O)c1c2c(nc3ccccc13)CCC2)c1ccc(NC(=O)C2CC2)cc1. The normalized spacial score (nSPS) is 16.2. The third kappa shape index (κ3) is 3.56. The molecule has 30 heavy (non-hydrogen) atoms. The first-order chi connectivity index (χ1) is 14.6. The van der Waals surface area contributed by atoms with E-state index in [0.717, 1.165) is 71.1 Å². The number of benzene rings is 2. The van der Waals surface area contributed by atoms with E-state index in [0.29, 0.717) is 0 Å². The van der Waals surface area contributed by atoms with Crippen molar-refractivity contribution in [3.05, 3.63) is 70.9 Å². The molecule has 1 fully saturated rings. The Morgan fingerprint density at radius 3 is 2.57 bits per heavy atom. The molecule has 0 aliphatic heterocycles. The van der Waals surface area contributed by atoms with Crippen molar-refractivity contribution in [2.24, 2.45) is 5.92 Å². The molecule has 0 saturated heterocycles. The molecule has 2 amide bonds. The Labute approximate surface area is 175 Å². The smallest absolute Gasteiger partial charge is 0.252 e. The zero-order chi connectivity index (χ0) is 20.7. The Balaban J connectivity index is 1.36. The van der Waals surface area contributed by atoms with Gasteiger partial charge in [-0.25, -0.2) is 0 Å². The van der Waals surface area contributed by atoms with Crippen molar-refractivity contribution in [3.8, 4) is 0 Å². The van der Waals surface area contributed by atoms with E-state index in [1.807, 2.05) is 55.5 Å². The summed E-state index contributed by atoms with van der Waals surface area (Å²) in [7, 11) is 0. The van der Waals surface area contributed by atoms with Gasteiger partial charge in [0, 0.05) is 22.7 Å². The molecule has 5 rings (SSSR count). The molecule has 0 spiro atoms. The van der Waals surface area contributed by atoms with Crippen LogP contribution < -0.4 is 10.6 Å². The third-order valence-corrected chi connectivity index (χ3v) is 6.12. The summed E-state index contributed by atoms with van der Waals surface area (Å²) >= 11 is 0. The summed E-state index contributed by atoms with van der Waals surface area (Å²) in [5, 5.41) is 7.04. The van der Waals surface area contributed by atoms with Crippen molar-refractivity contribution in [2.75, 3.05) is 5.32 Å². The monoisotopic (exact) mass is 399 g/mol. The third-order valence-electron chi connectivity index (χ3n) is 6.12. The van der Waals surface area contributed by atoms with Gasteiger partial charge in [0.25, 0.3) is 5.91 Å². The Hall–Kier alpha value is -3.21. The summed E-state index contributed by atoms with van der Waals surface area (Å²) in [6.07, 6.45) is 4.85. The topological polar surface area (TPSA) is 71.1 Å². The van der Waals surface area contributed by atoms with E-state index in [2.05, 4.69) is 10.6 Å². The average molecular weight is 399 g/mol. The van der Waals surface area contributed by atoms with Crippen LogP contribution in [0.25, 0.3) is 10.9 Å². The van der Waals surface area contributed by atoms with E-state index < -0.39 is 0 Å². The van der Waals surface area contributed by atoms with Crippen molar-refractivity contribution in [3.63, 3.8) is 0 Å². The lowest BCUT2D eigenvalue weighted by Gasteiger charge is -2.18. The number of hydrogen-bond donors (Lipinski definition) is 2. The first-order valence-corrected chi connectivity index (χ1v) is 10.7. The van der Waals surface area contributed by atoms with Gasteiger partial charge in [-0.1, -0.05) is 30.3 Å². The van der Waals surface area contributed by atoms with E-state index in [4.69, 9.17) is 4.98 Å². The van der Waals surface area contributed by atoms with Gasteiger partial charge in [-0.2, -0.15) is 0 Å². The fourth-order valence-corrected chi connectivity index (χ4v) is 4.27. The second kappa shape index (κ2) is 7.56. The number of aromatic nitrogens is 1. The Morgan fingerprint density at radius 1 is 1.03 bits per heavy atom. The van der Waals surface area contributed by atoms with Crippen LogP contribution in [-0.2, 0) is 17.6 Å². The van der Waals surface area contributed by atoms with Crippen LogP contribution in [0.1, 0.15) is 59.4 Å². The molecule has 1 unspecified atom stereocenters. The van der Waals surface area contributed by atoms with Gasteiger partial charge < -0.3 is 10.6 Å². The fourth-order valence-electron chi connectivity index (χ4n) is 4.27. The lowest BCUT2D eigenvalue weighted by atomic mass is 9.99. The van der Waals surface area contributed by atoms with Gasteiger partial charge in [0.05, 0.1) is 17.1 Å². The summed E-state index contributed by atoms with van der Waals surface area (Å²) in [4.78, 5) is 30.0. The highest BCUT2D eigenvalue weighted by Gasteiger charge is 2.29. The minimum absolute atomic E-state index is 0.0506. The molecule has 0 bridgehead atoms. The first kappa shape index (κ1) is 18.8. The van der Waals surface area contributed by atoms with E-state index >= 15 is 0 Å². The predicted molar refractivity (Wildman–Crippen MR) is 117 cm³/mol. The minimum Gasteiger partial charge on any atom is -0.345 e. The molecular formula is C25H25N3O2. The summed E-state index contributed by atoms with van der Waals surface area (Å²) in [5.41, 5.74) is 5.61. The number of hydrogen-bond acceptors (Lipinski definition) is 3. The first-order valence-electron chi connectivity index (χ1n) is 10.7. The summed E-state index contributed by atoms with van der Waals surface area (Å²) in [5.74, 6) is 0.229. The number of rotatable bonds is 5. The molecule has 2 aliphatic carbocycles.